The Morgan fingerprint density at radius 1 is 1.15 bits per heavy atom. The third kappa shape index (κ3) is 1.89. The highest BCUT2D eigenvalue weighted by molar-refractivity contribution is 4.94. The van der Waals surface area contributed by atoms with Crippen LogP contribution < -0.4 is 0 Å². The minimum atomic E-state index is 0.885. The average molecular weight is 182 g/mol. The zero-order chi connectivity index (χ0) is 9.26. The van der Waals surface area contributed by atoms with E-state index in [2.05, 4.69) is 23.8 Å². The van der Waals surface area contributed by atoms with Crippen LogP contribution in [0.15, 0.2) is 0 Å². The van der Waals surface area contributed by atoms with Gasteiger partial charge < -0.3 is 4.90 Å². The standard InChI is InChI=1S/C11H22N2/c1-3-4-7-13-10-5-6-11(13)9-12(2)8-10/h10-11H,3-9H2,1-2H3. The Balaban J connectivity index is 1.90. The molecule has 0 aromatic carbocycles. The van der Waals surface area contributed by atoms with Crippen molar-refractivity contribution >= 4 is 0 Å². The van der Waals surface area contributed by atoms with Gasteiger partial charge in [-0.25, -0.2) is 0 Å². The predicted molar refractivity (Wildman–Crippen MR) is 55.9 cm³/mol. The van der Waals surface area contributed by atoms with Crippen LogP contribution in [0.5, 0.6) is 0 Å². The fraction of sp³-hybridized carbons (Fsp3) is 1.00. The molecule has 2 saturated heterocycles. The van der Waals surface area contributed by atoms with Gasteiger partial charge in [0.05, 0.1) is 0 Å². The summed E-state index contributed by atoms with van der Waals surface area (Å²) in [6, 6.07) is 1.77. The second-order valence-electron chi connectivity index (χ2n) is 4.70. The molecule has 76 valence electrons. The molecule has 0 radical (unpaired) electrons. The summed E-state index contributed by atoms with van der Waals surface area (Å²) in [6.07, 6.45) is 5.61. The van der Waals surface area contributed by atoms with E-state index >= 15 is 0 Å². The molecule has 0 spiro atoms. The van der Waals surface area contributed by atoms with Gasteiger partial charge in [-0.1, -0.05) is 13.3 Å². The Bertz CT molecular complexity index is 155. The molecule has 2 unspecified atom stereocenters. The topological polar surface area (TPSA) is 6.48 Å². The lowest BCUT2D eigenvalue weighted by molar-refractivity contribution is 0.0813. The van der Waals surface area contributed by atoms with Crippen LogP contribution in [0.4, 0.5) is 0 Å². The molecular formula is C11H22N2. The Morgan fingerprint density at radius 3 is 2.31 bits per heavy atom. The van der Waals surface area contributed by atoms with Crippen molar-refractivity contribution in [3.8, 4) is 0 Å². The average Bonchev–Trinajstić information content (AvgIpc) is 2.33. The highest BCUT2D eigenvalue weighted by Crippen LogP contribution is 2.29. The summed E-state index contributed by atoms with van der Waals surface area (Å²) in [5.74, 6) is 0. The second-order valence-corrected chi connectivity index (χ2v) is 4.70. The fourth-order valence-electron chi connectivity index (χ4n) is 2.91. The van der Waals surface area contributed by atoms with Crippen molar-refractivity contribution in [3.63, 3.8) is 0 Å². The van der Waals surface area contributed by atoms with Crippen molar-refractivity contribution in [2.24, 2.45) is 0 Å². The van der Waals surface area contributed by atoms with Gasteiger partial charge in [0.15, 0.2) is 0 Å². The SMILES string of the molecule is CCCCN1C2CCC1CN(C)C2. The number of fused-ring (bicyclic) bond motifs is 2. The third-order valence-corrected chi connectivity index (χ3v) is 3.59. The molecule has 2 nitrogen and oxygen atoms in total. The molecule has 13 heavy (non-hydrogen) atoms. The molecule has 0 N–H and O–H groups in total. The molecule has 0 amide bonds. The zero-order valence-corrected chi connectivity index (χ0v) is 9.00. The van der Waals surface area contributed by atoms with Gasteiger partial charge in [-0.15, -0.1) is 0 Å². The minimum Gasteiger partial charge on any atom is -0.303 e. The van der Waals surface area contributed by atoms with Crippen LogP contribution in [0.2, 0.25) is 0 Å². The van der Waals surface area contributed by atoms with Gasteiger partial charge in [0.2, 0.25) is 0 Å². The molecule has 0 saturated carbocycles. The molecule has 2 bridgehead atoms. The first-order valence-electron chi connectivity index (χ1n) is 5.75. The molecule has 0 aliphatic carbocycles. The number of nitrogens with zero attached hydrogens (tertiary/aromatic N) is 2. The predicted octanol–water partition coefficient (Wildman–Crippen LogP) is 1.56. The van der Waals surface area contributed by atoms with Crippen LogP contribution in [0.1, 0.15) is 32.6 Å². The highest BCUT2D eigenvalue weighted by Gasteiger charge is 2.37. The van der Waals surface area contributed by atoms with E-state index in [1.165, 1.54) is 45.3 Å². The van der Waals surface area contributed by atoms with Crippen molar-refractivity contribution < 1.29 is 0 Å². The van der Waals surface area contributed by atoms with Gasteiger partial charge in [-0.2, -0.15) is 0 Å². The number of hydrogen-bond acceptors (Lipinski definition) is 2. The number of unbranched alkanes of at least 4 members (excludes halogenated alkanes) is 1. The van der Waals surface area contributed by atoms with E-state index in [0.717, 1.165) is 12.1 Å². The van der Waals surface area contributed by atoms with E-state index in [4.69, 9.17) is 0 Å². The zero-order valence-electron chi connectivity index (χ0n) is 9.00. The first kappa shape index (κ1) is 9.47. The van der Waals surface area contributed by atoms with E-state index in [1.807, 2.05) is 0 Å². The second kappa shape index (κ2) is 3.97. The molecule has 0 aromatic heterocycles. The maximum atomic E-state index is 2.77. The van der Waals surface area contributed by atoms with E-state index in [9.17, 15) is 0 Å². The van der Waals surface area contributed by atoms with Gasteiger partial charge >= 0.3 is 0 Å². The molecule has 2 heteroatoms. The number of hydrogen-bond donors (Lipinski definition) is 0. The summed E-state index contributed by atoms with van der Waals surface area (Å²) in [4.78, 5) is 5.27. The van der Waals surface area contributed by atoms with Crippen molar-refractivity contribution in [2.75, 3.05) is 26.7 Å². The Labute approximate surface area is 81.9 Å². The molecule has 2 heterocycles. The van der Waals surface area contributed by atoms with Crippen molar-refractivity contribution in [1.82, 2.24) is 9.80 Å². The van der Waals surface area contributed by atoms with Gasteiger partial charge in [-0.3, -0.25) is 4.90 Å². The maximum absolute atomic E-state index is 2.77. The summed E-state index contributed by atoms with van der Waals surface area (Å²) in [6.45, 7) is 6.25. The molecular weight excluding hydrogens is 160 g/mol. The Hall–Kier alpha value is -0.0800. The number of likely N-dealkylation sites (N-methyl/N-ethyl adjacent to an activating group) is 1. The summed E-state index contributed by atoms with van der Waals surface area (Å²) >= 11 is 0. The lowest BCUT2D eigenvalue weighted by Crippen LogP contribution is -2.52. The van der Waals surface area contributed by atoms with Crippen LogP contribution >= 0.6 is 0 Å². The number of likely N-dealkylation sites (tertiary alicyclic amines) is 1. The summed E-state index contributed by atoms with van der Waals surface area (Å²) in [5, 5.41) is 0. The van der Waals surface area contributed by atoms with Gasteiger partial charge in [0.25, 0.3) is 0 Å². The van der Waals surface area contributed by atoms with E-state index in [-0.39, 0.29) is 0 Å². The van der Waals surface area contributed by atoms with Crippen molar-refractivity contribution in [3.05, 3.63) is 0 Å². The van der Waals surface area contributed by atoms with E-state index in [0.29, 0.717) is 0 Å². The van der Waals surface area contributed by atoms with Crippen LogP contribution in [0.25, 0.3) is 0 Å². The first-order chi connectivity index (χ1) is 6.31. The quantitative estimate of drug-likeness (QED) is 0.653. The summed E-state index contributed by atoms with van der Waals surface area (Å²) in [5.41, 5.74) is 0. The molecule has 2 aliphatic rings. The molecule has 2 aliphatic heterocycles. The van der Waals surface area contributed by atoms with Gasteiger partial charge in [0, 0.05) is 25.2 Å². The Morgan fingerprint density at radius 2 is 1.77 bits per heavy atom. The largest absolute Gasteiger partial charge is 0.303 e. The minimum absolute atomic E-state index is 0.885. The maximum Gasteiger partial charge on any atom is 0.0227 e. The van der Waals surface area contributed by atoms with Crippen LogP contribution in [0.3, 0.4) is 0 Å². The van der Waals surface area contributed by atoms with Gasteiger partial charge in [0.1, 0.15) is 0 Å². The lowest BCUT2D eigenvalue weighted by atomic mass is 10.2. The molecule has 2 fully saturated rings. The molecule has 2 atom stereocenters. The lowest BCUT2D eigenvalue weighted by Gasteiger charge is -2.39. The molecule has 2 rings (SSSR count). The third-order valence-electron chi connectivity index (χ3n) is 3.59. The fourth-order valence-corrected chi connectivity index (χ4v) is 2.91. The highest BCUT2D eigenvalue weighted by atomic mass is 15.3. The van der Waals surface area contributed by atoms with E-state index in [1.54, 1.807) is 0 Å². The number of piperazine rings is 1. The van der Waals surface area contributed by atoms with Crippen molar-refractivity contribution in [2.45, 2.75) is 44.7 Å². The normalized spacial score (nSPS) is 35.5. The van der Waals surface area contributed by atoms with Crippen LogP contribution in [-0.2, 0) is 0 Å². The number of rotatable bonds is 3. The Kier molecular flexibility index (Phi) is 2.89. The smallest absolute Gasteiger partial charge is 0.0227 e. The summed E-state index contributed by atoms with van der Waals surface area (Å²) < 4.78 is 0. The van der Waals surface area contributed by atoms with Crippen LogP contribution in [0, 0.1) is 0 Å². The van der Waals surface area contributed by atoms with Crippen molar-refractivity contribution in [1.29, 1.82) is 0 Å². The first-order valence-corrected chi connectivity index (χ1v) is 5.75. The van der Waals surface area contributed by atoms with E-state index < -0.39 is 0 Å². The monoisotopic (exact) mass is 182 g/mol. The summed E-state index contributed by atoms with van der Waals surface area (Å²) in [7, 11) is 2.27. The van der Waals surface area contributed by atoms with Gasteiger partial charge in [-0.05, 0) is 32.9 Å². The molecule has 0 aromatic rings. The van der Waals surface area contributed by atoms with Crippen LogP contribution in [-0.4, -0.2) is 48.6 Å².